The standard InChI is InChI=1S/C25H19ClN2O6S/c1-33-21-8-4-6-17(23(21)34-15-18-5-2-3-7-20(18)26)13-22-24(29)27(25(30)35-22)14-16-9-11-19(12-10-16)28(31)32/h2-13H,14-15H2,1H3/b22-13-. The third kappa shape index (κ3) is 5.47. The number of imide groups is 1. The lowest BCUT2D eigenvalue weighted by Crippen LogP contribution is -2.27. The Bertz CT molecular complexity index is 1330. The second-order valence-corrected chi connectivity index (χ2v) is 8.85. The van der Waals surface area contributed by atoms with Gasteiger partial charge in [-0.05, 0) is 35.5 Å². The number of methoxy groups -OCH3 is 1. The van der Waals surface area contributed by atoms with E-state index in [0.29, 0.717) is 27.6 Å². The van der Waals surface area contributed by atoms with Crippen molar-refractivity contribution in [3.63, 3.8) is 0 Å². The molecule has 0 aliphatic carbocycles. The minimum atomic E-state index is -0.508. The first-order chi connectivity index (χ1) is 16.9. The van der Waals surface area contributed by atoms with Crippen molar-refractivity contribution in [3.8, 4) is 11.5 Å². The molecule has 2 amide bonds. The molecular weight excluding hydrogens is 492 g/mol. The highest BCUT2D eigenvalue weighted by Gasteiger charge is 2.35. The fourth-order valence-electron chi connectivity index (χ4n) is 3.41. The van der Waals surface area contributed by atoms with Gasteiger partial charge in [-0.25, -0.2) is 0 Å². The Labute approximate surface area is 210 Å². The van der Waals surface area contributed by atoms with Crippen LogP contribution in [0.25, 0.3) is 6.08 Å². The van der Waals surface area contributed by atoms with Gasteiger partial charge in [0, 0.05) is 28.3 Å². The van der Waals surface area contributed by atoms with Crippen LogP contribution in [-0.2, 0) is 17.9 Å². The van der Waals surface area contributed by atoms with Crippen LogP contribution in [0.4, 0.5) is 10.5 Å². The van der Waals surface area contributed by atoms with E-state index in [4.69, 9.17) is 21.1 Å². The number of hydrogen-bond acceptors (Lipinski definition) is 7. The molecule has 1 saturated heterocycles. The zero-order valence-electron chi connectivity index (χ0n) is 18.5. The number of rotatable bonds is 8. The monoisotopic (exact) mass is 510 g/mol. The highest BCUT2D eigenvalue weighted by atomic mass is 35.5. The van der Waals surface area contributed by atoms with Crippen LogP contribution in [0.1, 0.15) is 16.7 Å². The highest BCUT2D eigenvalue weighted by Crippen LogP contribution is 2.38. The number of amides is 2. The number of nitro groups is 1. The Morgan fingerprint density at radius 1 is 1.06 bits per heavy atom. The number of ether oxygens (including phenoxy) is 2. The van der Waals surface area contributed by atoms with E-state index in [1.807, 2.05) is 18.2 Å². The number of carbonyl (C=O) groups excluding carboxylic acids is 2. The average molecular weight is 511 g/mol. The van der Waals surface area contributed by atoms with Gasteiger partial charge < -0.3 is 9.47 Å². The summed E-state index contributed by atoms with van der Waals surface area (Å²) in [5, 5.41) is 11.0. The molecule has 178 valence electrons. The zero-order chi connectivity index (χ0) is 24.9. The zero-order valence-corrected chi connectivity index (χ0v) is 20.0. The minimum absolute atomic E-state index is 0.00791. The van der Waals surface area contributed by atoms with Crippen molar-refractivity contribution in [1.82, 2.24) is 4.90 Å². The van der Waals surface area contributed by atoms with Crippen molar-refractivity contribution >= 4 is 46.3 Å². The van der Waals surface area contributed by atoms with Crippen LogP contribution in [0.3, 0.4) is 0 Å². The maximum Gasteiger partial charge on any atom is 0.293 e. The Morgan fingerprint density at radius 3 is 2.49 bits per heavy atom. The molecule has 1 aliphatic heterocycles. The molecule has 0 radical (unpaired) electrons. The number of carbonyl (C=O) groups is 2. The molecule has 8 nitrogen and oxygen atoms in total. The molecule has 0 atom stereocenters. The van der Waals surface area contributed by atoms with Crippen LogP contribution in [0, 0.1) is 10.1 Å². The smallest absolute Gasteiger partial charge is 0.293 e. The van der Waals surface area contributed by atoms with Gasteiger partial charge in [0.1, 0.15) is 6.61 Å². The third-order valence-electron chi connectivity index (χ3n) is 5.21. The second-order valence-electron chi connectivity index (χ2n) is 7.45. The van der Waals surface area contributed by atoms with Gasteiger partial charge in [-0.3, -0.25) is 24.6 Å². The van der Waals surface area contributed by atoms with Gasteiger partial charge in [0.2, 0.25) is 0 Å². The Hall–Kier alpha value is -3.82. The molecule has 0 saturated carbocycles. The Morgan fingerprint density at radius 2 is 1.80 bits per heavy atom. The number of nitro benzene ring substituents is 1. The Balaban J connectivity index is 1.57. The maximum absolute atomic E-state index is 13.0. The van der Waals surface area contributed by atoms with Crippen molar-refractivity contribution in [3.05, 3.63) is 103 Å². The van der Waals surface area contributed by atoms with E-state index in [2.05, 4.69) is 0 Å². The topological polar surface area (TPSA) is 99.0 Å². The highest BCUT2D eigenvalue weighted by molar-refractivity contribution is 8.18. The van der Waals surface area contributed by atoms with Crippen LogP contribution in [-0.4, -0.2) is 28.1 Å². The summed E-state index contributed by atoms with van der Waals surface area (Å²) >= 11 is 7.05. The number of para-hydroxylation sites is 1. The van der Waals surface area contributed by atoms with E-state index in [1.165, 1.54) is 31.4 Å². The predicted molar refractivity (Wildman–Crippen MR) is 133 cm³/mol. The van der Waals surface area contributed by atoms with Gasteiger partial charge in [-0.15, -0.1) is 0 Å². The van der Waals surface area contributed by atoms with Crippen LogP contribution in [0.15, 0.2) is 71.6 Å². The average Bonchev–Trinajstić information content (AvgIpc) is 3.11. The molecule has 3 aromatic carbocycles. The summed E-state index contributed by atoms with van der Waals surface area (Å²) in [6, 6.07) is 18.3. The lowest BCUT2D eigenvalue weighted by Gasteiger charge is -2.14. The van der Waals surface area contributed by atoms with Crippen molar-refractivity contribution < 1.29 is 24.0 Å². The van der Waals surface area contributed by atoms with E-state index in [0.717, 1.165) is 22.2 Å². The third-order valence-corrected chi connectivity index (χ3v) is 6.48. The van der Waals surface area contributed by atoms with Gasteiger partial charge in [0.15, 0.2) is 11.5 Å². The molecule has 3 aromatic rings. The van der Waals surface area contributed by atoms with Crippen molar-refractivity contribution in [2.75, 3.05) is 7.11 Å². The normalized spacial score (nSPS) is 14.5. The number of benzene rings is 3. The van der Waals surface area contributed by atoms with Crippen LogP contribution in [0.2, 0.25) is 5.02 Å². The lowest BCUT2D eigenvalue weighted by molar-refractivity contribution is -0.384. The number of nitrogens with zero attached hydrogens (tertiary/aromatic N) is 2. The summed E-state index contributed by atoms with van der Waals surface area (Å²) < 4.78 is 11.5. The van der Waals surface area contributed by atoms with Gasteiger partial charge in [-0.1, -0.05) is 54.1 Å². The predicted octanol–water partition coefficient (Wildman–Crippen LogP) is 6.07. The Kier molecular flexibility index (Phi) is 7.38. The molecular formula is C25H19ClN2O6S. The van der Waals surface area contributed by atoms with E-state index >= 15 is 0 Å². The number of halogens is 1. The maximum atomic E-state index is 13.0. The molecule has 4 rings (SSSR count). The van der Waals surface area contributed by atoms with Gasteiger partial charge in [0.05, 0.1) is 23.5 Å². The van der Waals surface area contributed by atoms with E-state index in [1.54, 1.807) is 30.3 Å². The van der Waals surface area contributed by atoms with Crippen LogP contribution < -0.4 is 9.47 Å². The van der Waals surface area contributed by atoms with Crippen molar-refractivity contribution in [2.24, 2.45) is 0 Å². The molecule has 0 aromatic heterocycles. The summed E-state index contributed by atoms with van der Waals surface area (Å²) in [5.41, 5.74) is 1.89. The lowest BCUT2D eigenvalue weighted by atomic mass is 10.1. The first-order valence-corrected chi connectivity index (χ1v) is 11.6. The quantitative estimate of drug-likeness (QED) is 0.206. The molecule has 0 spiro atoms. The van der Waals surface area contributed by atoms with Crippen LogP contribution in [0.5, 0.6) is 11.5 Å². The molecule has 10 heteroatoms. The summed E-state index contributed by atoms with van der Waals surface area (Å²) in [6.07, 6.45) is 1.59. The van der Waals surface area contributed by atoms with Crippen molar-refractivity contribution in [2.45, 2.75) is 13.2 Å². The molecule has 0 N–H and O–H groups in total. The van der Waals surface area contributed by atoms with Crippen LogP contribution >= 0.6 is 23.4 Å². The number of thioether (sulfide) groups is 1. The molecule has 0 bridgehead atoms. The van der Waals surface area contributed by atoms with E-state index in [9.17, 15) is 19.7 Å². The largest absolute Gasteiger partial charge is 0.493 e. The fraction of sp³-hybridized carbons (Fsp3) is 0.120. The number of non-ortho nitro benzene ring substituents is 1. The van der Waals surface area contributed by atoms with Gasteiger partial charge in [0.25, 0.3) is 16.8 Å². The molecule has 0 unspecified atom stereocenters. The first kappa shape index (κ1) is 24.3. The van der Waals surface area contributed by atoms with Gasteiger partial charge in [-0.2, -0.15) is 0 Å². The molecule has 1 fully saturated rings. The summed E-state index contributed by atoms with van der Waals surface area (Å²) in [4.78, 5) is 37.2. The van der Waals surface area contributed by atoms with E-state index < -0.39 is 16.1 Å². The van der Waals surface area contributed by atoms with Crippen molar-refractivity contribution in [1.29, 1.82) is 0 Å². The van der Waals surface area contributed by atoms with Gasteiger partial charge >= 0.3 is 0 Å². The first-order valence-electron chi connectivity index (χ1n) is 10.4. The molecule has 1 heterocycles. The summed E-state index contributed by atoms with van der Waals surface area (Å²) in [6.45, 7) is 0.191. The molecule has 35 heavy (non-hydrogen) atoms. The fourth-order valence-corrected chi connectivity index (χ4v) is 4.43. The molecule has 1 aliphatic rings. The SMILES string of the molecule is COc1cccc(/C=C2\SC(=O)N(Cc3ccc([N+](=O)[O-])cc3)C2=O)c1OCc1ccccc1Cl. The summed E-state index contributed by atoms with van der Waals surface area (Å²) in [5.74, 6) is 0.422. The number of hydrogen-bond donors (Lipinski definition) is 0. The summed E-state index contributed by atoms with van der Waals surface area (Å²) in [7, 11) is 1.51. The second kappa shape index (κ2) is 10.6. The minimum Gasteiger partial charge on any atom is -0.493 e. The van der Waals surface area contributed by atoms with E-state index in [-0.39, 0.29) is 23.7 Å².